The molecule has 0 atom stereocenters. The summed E-state index contributed by atoms with van der Waals surface area (Å²) in [7, 11) is 0. The van der Waals surface area contributed by atoms with Crippen LogP contribution in [0.1, 0.15) is 10.4 Å². The van der Waals surface area contributed by atoms with Gasteiger partial charge in [0, 0.05) is 15.4 Å². The maximum absolute atomic E-state index is 12.0. The van der Waals surface area contributed by atoms with Gasteiger partial charge in [0.1, 0.15) is 5.69 Å². The number of rotatable bonds is 3. The topological polar surface area (TPSA) is 34.9 Å². The molecule has 0 aliphatic heterocycles. The van der Waals surface area contributed by atoms with Crippen molar-refractivity contribution < 1.29 is 0 Å². The maximum atomic E-state index is 12.0. The second-order valence-electron chi connectivity index (χ2n) is 4.72. The number of benzene rings is 1. The van der Waals surface area contributed by atoms with E-state index in [4.69, 9.17) is 0 Å². The number of aromatic nitrogens is 2. The molecule has 5 heteroatoms. The summed E-state index contributed by atoms with van der Waals surface area (Å²) in [6.07, 6.45) is 0. The molecule has 0 fully saturated rings. The zero-order valence-electron chi connectivity index (χ0n) is 11.4. The lowest BCUT2D eigenvalue weighted by Gasteiger charge is -2.07. The van der Waals surface area contributed by atoms with Crippen molar-refractivity contribution in [1.82, 2.24) is 9.78 Å². The Morgan fingerprint density at radius 1 is 1.14 bits per heavy atom. The predicted molar refractivity (Wildman–Crippen MR) is 89.8 cm³/mol. The highest BCUT2D eigenvalue weighted by atomic mass is 79.9. The summed E-state index contributed by atoms with van der Waals surface area (Å²) in [5.74, 6) is 0. The van der Waals surface area contributed by atoms with Crippen molar-refractivity contribution in [3.63, 3.8) is 0 Å². The molecular formula is C16H13BrN2OS. The van der Waals surface area contributed by atoms with E-state index in [9.17, 15) is 4.79 Å². The Hall–Kier alpha value is -1.72. The largest absolute Gasteiger partial charge is 0.268 e. The molecule has 0 aliphatic rings. The fourth-order valence-electron chi connectivity index (χ4n) is 2.05. The van der Waals surface area contributed by atoms with E-state index < -0.39 is 0 Å². The molecule has 2 aromatic heterocycles. The van der Waals surface area contributed by atoms with Crippen molar-refractivity contribution in [3.05, 3.63) is 73.8 Å². The van der Waals surface area contributed by atoms with Crippen molar-refractivity contribution in [2.24, 2.45) is 0 Å². The summed E-state index contributed by atoms with van der Waals surface area (Å²) >= 11 is 5.18. The Kier molecular flexibility index (Phi) is 4.03. The molecule has 1 aromatic carbocycles. The molecule has 0 aliphatic carbocycles. The second-order valence-corrected chi connectivity index (χ2v) is 6.86. The summed E-state index contributed by atoms with van der Waals surface area (Å²) < 4.78 is 2.49. The summed E-state index contributed by atoms with van der Waals surface area (Å²) in [5.41, 5.74) is 1.77. The Morgan fingerprint density at radius 2 is 1.95 bits per heavy atom. The molecule has 21 heavy (non-hydrogen) atoms. The molecule has 3 rings (SSSR count). The van der Waals surface area contributed by atoms with E-state index in [0.29, 0.717) is 6.54 Å². The first-order chi connectivity index (χ1) is 10.1. The summed E-state index contributed by atoms with van der Waals surface area (Å²) in [4.78, 5) is 14.3. The minimum Gasteiger partial charge on any atom is -0.268 e. The monoisotopic (exact) mass is 360 g/mol. The lowest BCUT2D eigenvalue weighted by molar-refractivity contribution is 0.641. The van der Waals surface area contributed by atoms with Crippen LogP contribution in [0.2, 0.25) is 0 Å². The van der Waals surface area contributed by atoms with E-state index in [2.05, 4.69) is 34.0 Å². The van der Waals surface area contributed by atoms with Gasteiger partial charge in [0.25, 0.3) is 5.56 Å². The van der Waals surface area contributed by atoms with Crippen molar-refractivity contribution in [1.29, 1.82) is 0 Å². The van der Waals surface area contributed by atoms with Crippen molar-refractivity contribution in [3.8, 4) is 10.6 Å². The van der Waals surface area contributed by atoms with Gasteiger partial charge >= 0.3 is 0 Å². The summed E-state index contributed by atoms with van der Waals surface area (Å²) in [6, 6.07) is 15.3. The highest BCUT2D eigenvalue weighted by Gasteiger charge is 2.07. The molecule has 3 aromatic rings. The van der Waals surface area contributed by atoms with Gasteiger partial charge in [-0.2, -0.15) is 5.10 Å². The number of aryl methyl sites for hydroxylation is 1. The number of hydrogen-bond donors (Lipinski definition) is 0. The van der Waals surface area contributed by atoms with Gasteiger partial charge in [-0.25, -0.2) is 4.68 Å². The quantitative estimate of drug-likeness (QED) is 0.704. The van der Waals surface area contributed by atoms with Crippen molar-refractivity contribution >= 4 is 27.3 Å². The normalized spacial score (nSPS) is 10.8. The lowest BCUT2D eigenvalue weighted by Crippen LogP contribution is -2.22. The third-order valence-corrected chi connectivity index (χ3v) is 4.93. The molecule has 3 nitrogen and oxygen atoms in total. The SMILES string of the molecule is Cc1ccc(-c2ccc(=O)n(Cc3ccccc3Br)n2)s1. The van der Waals surface area contributed by atoms with Gasteiger partial charge in [-0.3, -0.25) is 4.79 Å². The van der Waals surface area contributed by atoms with E-state index in [0.717, 1.165) is 20.6 Å². The highest BCUT2D eigenvalue weighted by molar-refractivity contribution is 9.10. The Labute approximate surface area is 135 Å². The fraction of sp³-hybridized carbons (Fsp3) is 0.125. The van der Waals surface area contributed by atoms with Gasteiger partial charge in [0.2, 0.25) is 0 Å². The molecule has 0 amide bonds. The summed E-state index contributed by atoms with van der Waals surface area (Å²) in [5, 5.41) is 4.49. The van der Waals surface area contributed by atoms with Crippen LogP contribution in [0.3, 0.4) is 0 Å². The van der Waals surface area contributed by atoms with E-state index in [1.165, 1.54) is 9.56 Å². The van der Waals surface area contributed by atoms with Crippen LogP contribution in [0, 0.1) is 6.92 Å². The average Bonchev–Trinajstić information content (AvgIpc) is 2.90. The molecule has 2 heterocycles. The molecule has 0 N–H and O–H groups in total. The van der Waals surface area contributed by atoms with Gasteiger partial charge in [-0.15, -0.1) is 11.3 Å². The predicted octanol–water partition coefficient (Wildman–Crippen LogP) is 4.09. The Balaban J connectivity index is 1.99. The number of nitrogens with zero attached hydrogens (tertiary/aromatic N) is 2. The van der Waals surface area contributed by atoms with Crippen molar-refractivity contribution in [2.75, 3.05) is 0 Å². The molecule has 0 saturated heterocycles. The standard InChI is InChI=1S/C16H13BrN2OS/c1-11-6-8-15(21-11)14-7-9-16(20)19(18-14)10-12-4-2-3-5-13(12)17/h2-9H,10H2,1H3. The molecular weight excluding hydrogens is 348 g/mol. The van der Waals surface area contributed by atoms with E-state index >= 15 is 0 Å². The van der Waals surface area contributed by atoms with Crippen LogP contribution >= 0.6 is 27.3 Å². The first kappa shape index (κ1) is 14.2. The molecule has 0 bridgehead atoms. The summed E-state index contributed by atoms with van der Waals surface area (Å²) in [6.45, 7) is 2.52. The zero-order chi connectivity index (χ0) is 14.8. The van der Waals surface area contributed by atoms with Gasteiger partial charge in [0.15, 0.2) is 0 Å². The van der Waals surface area contributed by atoms with Crippen LogP contribution in [0.15, 0.2) is 57.8 Å². The third-order valence-electron chi connectivity index (χ3n) is 3.14. The molecule has 0 unspecified atom stereocenters. The highest BCUT2D eigenvalue weighted by Crippen LogP contribution is 2.25. The number of hydrogen-bond acceptors (Lipinski definition) is 3. The Bertz CT molecular complexity index is 838. The molecule has 0 radical (unpaired) electrons. The third kappa shape index (κ3) is 3.14. The van der Waals surface area contributed by atoms with E-state index in [1.54, 1.807) is 23.5 Å². The van der Waals surface area contributed by atoms with Crippen LogP contribution in [-0.4, -0.2) is 9.78 Å². The minimum atomic E-state index is -0.0946. The number of halogens is 1. The smallest absolute Gasteiger partial charge is 0.267 e. The van der Waals surface area contributed by atoms with E-state index in [1.807, 2.05) is 30.3 Å². The van der Waals surface area contributed by atoms with Gasteiger partial charge < -0.3 is 0 Å². The van der Waals surface area contributed by atoms with Crippen LogP contribution < -0.4 is 5.56 Å². The molecule has 0 saturated carbocycles. The first-order valence-corrected chi connectivity index (χ1v) is 8.13. The van der Waals surface area contributed by atoms with Crippen LogP contribution in [0.25, 0.3) is 10.6 Å². The van der Waals surface area contributed by atoms with Crippen LogP contribution in [0.4, 0.5) is 0 Å². The van der Waals surface area contributed by atoms with Crippen molar-refractivity contribution in [2.45, 2.75) is 13.5 Å². The average molecular weight is 361 g/mol. The molecule has 0 spiro atoms. The maximum Gasteiger partial charge on any atom is 0.267 e. The van der Waals surface area contributed by atoms with Gasteiger partial charge in [-0.05, 0) is 36.8 Å². The minimum absolute atomic E-state index is 0.0946. The second kappa shape index (κ2) is 5.95. The van der Waals surface area contributed by atoms with Crippen LogP contribution in [-0.2, 0) is 6.54 Å². The number of thiophene rings is 1. The lowest BCUT2D eigenvalue weighted by atomic mass is 10.2. The fourth-order valence-corrected chi connectivity index (χ4v) is 3.30. The zero-order valence-corrected chi connectivity index (χ0v) is 13.8. The van der Waals surface area contributed by atoms with Crippen LogP contribution in [0.5, 0.6) is 0 Å². The first-order valence-electron chi connectivity index (χ1n) is 6.52. The van der Waals surface area contributed by atoms with E-state index in [-0.39, 0.29) is 5.56 Å². The molecule has 106 valence electrons. The van der Waals surface area contributed by atoms with Gasteiger partial charge in [-0.1, -0.05) is 34.1 Å². The van der Waals surface area contributed by atoms with Gasteiger partial charge in [0.05, 0.1) is 11.4 Å². The Morgan fingerprint density at radius 3 is 2.67 bits per heavy atom.